The fourth-order valence-electron chi connectivity index (χ4n) is 1.79. The Morgan fingerprint density at radius 3 is 2.89 bits per heavy atom. The van der Waals surface area contributed by atoms with Crippen LogP contribution in [0.4, 0.5) is 10.9 Å². The number of aromatic nitrogens is 1. The maximum atomic E-state index is 12.4. The van der Waals surface area contributed by atoms with Crippen molar-refractivity contribution < 1.29 is 9.59 Å². The molecule has 1 fully saturated rings. The van der Waals surface area contributed by atoms with Crippen LogP contribution in [0.5, 0.6) is 0 Å². The third kappa shape index (κ3) is 2.95. The summed E-state index contributed by atoms with van der Waals surface area (Å²) in [4.78, 5) is 31.7. The van der Waals surface area contributed by atoms with Crippen LogP contribution in [0.15, 0.2) is 0 Å². The highest BCUT2D eigenvalue weighted by molar-refractivity contribution is 7.18. The smallest absolute Gasteiger partial charge is 0.268 e. The van der Waals surface area contributed by atoms with Crippen LogP contribution in [0.2, 0.25) is 0 Å². The van der Waals surface area contributed by atoms with Crippen LogP contribution in [0.25, 0.3) is 0 Å². The van der Waals surface area contributed by atoms with Gasteiger partial charge in [0.25, 0.3) is 5.91 Å². The number of nitrogens with two attached hydrogens (primary N) is 1. The minimum atomic E-state index is -0.222. The maximum absolute atomic E-state index is 12.4. The first kappa shape index (κ1) is 13.6. The Hall–Kier alpha value is -1.83. The summed E-state index contributed by atoms with van der Waals surface area (Å²) < 4.78 is 0. The fourth-order valence-corrected chi connectivity index (χ4v) is 2.66. The van der Waals surface area contributed by atoms with Gasteiger partial charge in [0, 0.05) is 27.2 Å². The van der Waals surface area contributed by atoms with E-state index in [1.807, 2.05) is 14.1 Å². The van der Waals surface area contributed by atoms with Crippen molar-refractivity contribution in [3.63, 3.8) is 0 Å². The van der Waals surface area contributed by atoms with Crippen molar-refractivity contribution in [1.82, 2.24) is 15.2 Å². The van der Waals surface area contributed by atoms with Crippen molar-refractivity contribution in [3.05, 3.63) is 4.88 Å². The van der Waals surface area contributed by atoms with Crippen LogP contribution in [0.1, 0.15) is 16.1 Å². The number of nitrogen functional groups attached to an aromatic ring is 1. The normalized spacial score (nSPS) is 15.9. The number of carbonyl (C=O) groups excluding carboxylic acids is 2. The van der Waals surface area contributed by atoms with Crippen LogP contribution >= 0.6 is 11.3 Å². The Morgan fingerprint density at radius 1 is 1.53 bits per heavy atom. The second-order valence-corrected chi connectivity index (χ2v) is 5.51. The molecule has 0 unspecified atom stereocenters. The zero-order valence-corrected chi connectivity index (χ0v) is 11.8. The quantitative estimate of drug-likeness (QED) is 0.781. The van der Waals surface area contributed by atoms with Crippen molar-refractivity contribution in [2.24, 2.45) is 0 Å². The lowest BCUT2D eigenvalue weighted by Crippen LogP contribution is -2.37. The first-order valence-electron chi connectivity index (χ1n) is 5.98. The molecule has 1 aliphatic heterocycles. The molecular formula is C11H17N5O2S. The van der Waals surface area contributed by atoms with Gasteiger partial charge in [0.1, 0.15) is 10.7 Å². The average molecular weight is 283 g/mol. The van der Waals surface area contributed by atoms with E-state index >= 15 is 0 Å². The summed E-state index contributed by atoms with van der Waals surface area (Å²) in [6.45, 7) is 1.23. The van der Waals surface area contributed by atoms with Gasteiger partial charge in [-0.15, -0.1) is 0 Å². The molecule has 1 saturated heterocycles. The molecule has 8 heteroatoms. The number of carbonyl (C=O) groups is 2. The summed E-state index contributed by atoms with van der Waals surface area (Å²) in [6, 6.07) is 0. The molecule has 0 saturated carbocycles. The molecule has 19 heavy (non-hydrogen) atoms. The molecule has 2 amide bonds. The molecule has 0 radical (unpaired) electrons. The predicted octanol–water partition coefficient (Wildman–Crippen LogP) is -0.247. The number of nitrogens with zero attached hydrogens (tertiary/aromatic N) is 3. The number of anilines is 2. The molecule has 1 aromatic rings. The van der Waals surface area contributed by atoms with Gasteiger partial charge in [-0.05, 0) is 6.42 Å². The van der Waals surface area contributed by atoms with E-state index in [9.17, 15) is 9.59 Å². The molecule has 3 N–H and O–H groups in total. The van der Waals surface area contributed by atoms with Gasteiger partial charge in [-0.3, -0.25) is 9.59 Å². The van der Waals surface area contributed by atoms with E-state index in [0.717, 1.165) is 6.42 Å². The number of hydrogen-bond acceptors (Lipinski definition) is 6. The number of hydrogen-bond donors (Lipinski definition) is 2. The van der Waals surface area contributed by atoms with E-state index in [2.05, 4.69) is 10.3 Å². The predicted molar refractivity (Wildman–Crippen MR) is 74.4 cm³/mol. The molecule has 1 aliphatic rings. The lowest BCUT2D eigenvalue weighted by Gasteiger charge is -2.17. The van der Waals surface area contributed by atoms with Gasteiger partial charge in [0.15, 0.2) is 5.13 Å². The van der Waals surface area contributed by atoms with E-state index in [1.165, 1.54) is 16.2 Å². The average Bonchev–Trinajstić information content (AvgIpc) is 2.60. The Kier molecular flexibility index (Phi) is 3.89. The van der Waals surface area contributed by atoms with Crippen molar-refractivity contribution in [3.8, 4) is 0 Å². The summed E-state index contributed by atoms with van der Waals surface area (Å²) >= 11 is 1.24. The Balaban J connectivity index is 2.20. The minimum absolute atomic E-state index is 0.0769. The molecule has 104 valence electrons. The number of thiazole rings is 1. The van der Waals surface area contributed by atoms with Crippen LogP contribution in [0.3, 0.4) is 0 Å². The van der Waals surface area contributed by atoms with Gasteiger partial charge in [-0.1, -0.05) is 11.3 Å². The first-order valence-corrected chi connectivity index (χ1v) is 6.80. The van der Waals surface area contributed by atoms with Crippen LogP contribution in [0, 0.1) is 0 Å². The molecule has 1 aromatic heterocycles. The molecule has 0 aliphatic carbocycles. The molecular weight excluding hydrogens is 266 g/mol. The highest BCUT2D eigenvalue weighted by Gasteiger charge is 2.25. The number of nitrogens with one attached hydrogen (secondary N) is 1. The molecule has 0 spiro atoms. The van der Waals surface area contributed by atoms with E-state index in [4.69, 9.17) is 5.73 Å². The molecule has 2 rings (SSSR count). The summed E-state index contributed by atoms with van der Waals surface area (Å²) in [7, 11) is 3.68. The van der Waals surface area contributed by atoms with Crippen LogP contribution < -0.4 is 16.0 Å². The summed E-state index contributed by atoms with van der Waals surface area (Å²) in [5, 5.41) is 3.42. The third-order valence-electron chi connectivity index (χ3n) is 2.77. The Bertz CT molecular complexity index is 499. The zero-order valence-electron chi connectivity index (χ0n) is 11.0. The highest BCUT2D eigenvalue weighted by atomic mass is 32.1. The Morgan fingerprint density at radius 2 is 2.26 bits per heavy atom. The molecule has 7 nitrogen and oxygen atoms in total. The Labute approximate surface area is 115 Å². The largest absolute Gasteiger partial charge is 0.382 e. The lowest BCUT2D eigenvalue weighted by molar-refractivity contribution is -0.121. The van der Waals surface area contributed by atoms with Gasteiger partial charge in [0.05, 0.1) is 6.54 Å². The van der Waals surface area contributed by atoms with E-state index in [-0.39, 0.29) is 24.2 Å². The number of amides is 2. The van der Waals surface area contributed by atoms with Crippen LogP contribution in [-0.2, 0) is 4.79 Å². The third-order valence-corrected chi connectivity index (χ3v) is 3.99. The molecule has 2 heterocycles. The topological polar surface area (TPSA) is 91.6 Å². The highest BCUT2D eigenvalue weighted by Crippen LogP contribution is 2.28. The van der Waals surface area contributed by atoms with Gasteiger partial charge >= 0.3 is 0 Å². The van der Waals surface area contributed by atoms with Crippen molar-refractivity contribution in [2.45, 2.75) is 6.42 Å². The monoisotopic (exact) mass is 283 g/mol. The van der Waals surface area contributed by atoms with E-state index in [1.54, 1.807) is 4.90 Å². The van der Waals surface area contributed by atoms with Crippen LogP contribution in [-0.4, -0.2) is 55.4 Å². The molecule has 0 atom stereocenters. The van der Waals surface area contributed by atoms with Crippen molar-refractivity contribution in [2.75, 3.05) is 44.4 Å². The van der Waals surface area contributed by atoms with E-state index in [0.29, 0.717) is 23.1 Å². The standard InChI is InChI=1S/C11H17N5O2S/c1-15(2)11-14-9(12)8(19-11)10(18)16-5-3-4-13-7(17)6-16/h3-6,12H2,1-2H3,(H,13,17). The summed E-state index contributed by atoms with van der Waals surface area (Å²) in [5.74, 6) is -0.134. The minimum Gasteiger partial charge on any atom is -0.382 e. The van der Waals surface area contributed by atoms with Gasteiger partial charge < -0.3 is 20.9 Å². The fraction of sp³-hybridized carbons (Fsp3) is 0.545. The number of rotatable bonds is 2. The van der Waals surface area contributed by atoms with E-state index < -0.39 is 0 Å². The second kappa shape index (κ2) is 5.43. The summed E-state index contributed by atoms with van der Waals surface area (Å²) in [6.07, 6.45) is 0.747. The maximum Gasteiger partial charge on any atom is 0.268 e. The summed E-state index contributed by atoms with van der Waals surface area (Å²) in [5.41, 5.74) is 5.79. The first-order chi connectivity index (χ1) is 8.99. The van der Waals surface area contributed by atoms with Gasteiger partial charge in [0.2, 0.25) is 5.91 Å². The van der Waals surface area contributed by atoms with Crippen molar-refractivity contribution in [1.29, 1.82) is 0 Å². The van der Waals surface area contributed by atoms with Crippen molar-refractivity contribution >= 4 is 34.1 Å². The lowest BCUT2D eigenvalue weighted by atomic mass is 10.3. The second-order valence-electron chi connectivity index (χ2n) is 4.54. The zero-order chi connectivity index (χ0) is 14.0. The molecule has 0 aromatic carbocycles. The SMILES string of the molecule is CN(C)c1nc(N)c(C(=O)N2CCCNC(=O)C2)s1. The van der Waals surface area contributed by atoms with Gasteiger partial charge in [-0.2, -0.15) is 0 Å². The van der Waals surface area contributed by atoms with Gasteiger partial charge in [-0.25, -0.2) is 4.98 Å². The molecule has 0 bridgehead atoms.